The van der Waals surface area contributed by atoms with Crippen LogP contribution in [0.15, 0.2) is 0 Å². The van der Waals surface area contributed by atoms with Crippen molar-refractivity contribution in [2.24, 2.45) is 11.7 Å². The van der Waals surface area contributed by atoms with Crippen LogP contribution in [0.1, 0.15) is 46.0 Å². The molecule has 3 nitrogen and oxygen atoms in total. The summed E-state index contributed by atoms with van der Waals surface area (Å²) in [5, 5.41) is 0. The van der Waals surface area contributed by atoms with Crippen molar-refractivity contribution < 1.29 is 4.79 Å². The van der Waals surface area contributed by atoms with E-state index in [9.17, 15) is 4.79 Å². The van der Waals surface area contributed by atoms with Gasteiger partial charge in [0.1, 0.15) is 0 Å². The zero-order chi connectivity index (χ0) is 13.5. The number of nitrogens with zero attached hydrogens (tertiary/aromatic N) is 1. The highest BCUT2D eigenvalue weighted by Crippen LogP contribution is 2.25. The smallest absolute Gasteiger partial charge is 0.225 e. The fraction of sp³-hybridized carbons (Fsp3) is 0.929. The Morgan fingerprint density at radius 1 is 1.47 bits per heavy atom. The van der Waals surface area contributed by atoms with Crippen molar-refractivity contribution in [2.45, 2.75) is 58.0 Å². The van der Waals surface area contributed by atoms with Gasteiger partial charge in [-0.05, 0) is 44.1 Å². The third-order valence-electron chi connectivity index (χ3n) is 3.96. The molecule has 0 bridgehead atoms. The number of carbonyl (C=O) groups excluding carboxylic acids is 1. The molecule has 1 amide bonds. The summed E-state index contributed by atoms with van der Waals surface area (Å²) in [5.74, 6) is 2.76. The van der Waals surface area contributed by atoms with Gasteiger partial charge in [-0.3, -0.25) is 4.79 Å². The van der Waals surface area contributed by atoms with Gasteiger partial charge in [0.2, 0.25) is 5.91 Å². The fourth-order valence-corrected chi connectivity index (χ4v) is 3.35. The van der Waals surface area contributed by atoms with Crippen molar-refractivity contribution in [1.82, 2.24) is 4.90 Å². The van der Waals surface area contributed by atoms with Gasteiger partial charge in [0.25, 0.3) is 0 Å². The Kier molecular flexibility index (Phi) is 9.93. The second kappa shape index (κ2) is 9.89. The molecule has 0 aromatic carbocycles. The van der Waals surface area contributed by atoms with Crippen LogP contribution >= 0.6 is 24.2 Å². The summed E-state index contributed by atoms with van der Waals surface area (Å²) in [6, 6.07) is 0.571. The van der Waals surface area contributed by atoms with Crippen molar-refractivity contribution in [2.75, 3.05) is 18.6 Å². The van der Waals surface area contributed by atoms with E-state index in [-0.39, 0.29) is 24.4 Å². The van der Waals surface area contributed by atoms with E-state index in [0.29, 0.717) is 11.9 Å². The van der Waals surface area contributed by atoms with E-state index >= 15 is 0 Å². The molecule has 0 aliphatic heterocycles. The van der Waals surface area contributed by atoms with Crippen LogP contribution in [-0.2, 0) is 4.79 Å². The molecule has 0 radical (unpaired) electrons. The molecule has 3 atom stereocenters. The van der Waals surface area contributed by atoms with E-state index in [1.807, 2.05) is 23.7 Å². The summed E-state index contributed by atoms with van der Waals surface area (Å²) in [7, 11) is 1.95. The predicted octanol–water partition coefficient (Wildman–Crippen LogP) is 2.92. The number of thioether (sulfide) groups is 1. The number of halogens is 1. The molecule has 0 aromatic heterocycles. The molecule has 1 aliphatic carbocycles. The van der Waals surface area contributed by atoms with Crippen LogP contribution in [0.2, 0.25) is 0 Å². The first-order valence-corrected chi connectivity index (χ1v) is 8.31. The van der Waals surface area contributed by atoms with Crippen molar-refractivity contribution in [1.29, 1.82) is 0 Å². The van der Waals surface area contributed by atoms with Gasteiger partial charge >= 0.3 is 0 Å². The lowest BCUT2D eigenvalue weighted by Gasteiger charge is -2.32. The second-order valence-corrected chi connectivity index (χ2v) is 6.80. The van der Waals surface area contributed by atoms with Crippen LogP contribution in [0.3, 0.4) is 0 Å². The summed E-state index contributed by atoms with van der Waals surface area (Å²) in [4.78, 5) is 14.3. The molecular formula is C14H29ClN2OS. The third-order valence-corrected chi connectivity index (χ3v) is 4.89. The number of hydrogen-bond acceptors (Lipinski definition) is 3. The van der Waals surface area contributed by atoms with E-state index < -0.39 is 0 Å². The first kappa shape index (κ1) is 19.1. The van der Waals surface area contributed by atoms with Gasteiger partial charge in [0.05, 0.1) is 0 Å². The molecule has 1 aliphatic rings. The quantitative estimate of drug-likeness (QED) is 0.767. The lowest BCUT2D eigenvalue weighted by atomic mass is 9.85. The number of hydrogen-bond donors (Lipinski definition) is 1. The minimum Gasteiger partial charge on any atom is -0.343 e. The van der Waals surface area contributed by atoms with Gasteiger partial charge in [-0.1, -0.05) is 13.3 Å². The van der Waals surface area contributed by atoms with Gasteiger partial charge in [0.15, 0.2) is 0 Å². The minimum absolute atomic E-state index is 0. The number of rotatable bonds is 6. The zero-order valence-corrected chi connectivity index (χ0v) is 14.1. The SMILES string of the molecule is CCSCCC(C)N(C)C(=O)C1CCCC(N)C1.Cl. The molecule has 5 heteroatoms. The lowest BCUT2D eigenvalue weighted by Crippen LogP contribution is -2.42. The molecule has 0 heterocycles. The maximum absolute atomic E-state index is 12.4. The maximum atomic E-state index is 12.4. The van der Waals surface area contributed by atoms with E-state index in [4.69, 9.17) is 5.73 Å². The number of amides is 1. The first-order chi connectivity index (χ1) is 8.56. The average molecular weight is 309 g/mol. The minimum atomic E-state index is 0. The van der Waals surface area contributed by atoms with E-state index in [2.05, 4.69) is 13.8 Å². The van der Waals surface area contributed by atoms with Crippen LogP contribution in [0.25, 0.3) is 0 Å². The molecule has 0 spiro atoms. The van der Waals surface area contributed by atoms with Crippen LogP contribution in [0.4, 0.5) is 0 Å². The molecule has 1 rings (SSSR count). The normalized spacial score (nSPS) is 24.4. The largest absolute Gasteiger partial charge is 0.343 e. The van der Waals surface area contributed by atoms with Crippen molar-refractivity contribution >= 4 is 30.1 Å². The van der Waals surface area contributed by atoms with Crippen LogP contribution in [0, 0.1) is 5.92 Å². The Bertz CT molecular complexity index is 266. The third kappa shape index (κ3) is 6.37. The summed E-state index contributed by atoms with van der Waals surface area (Å²) in [6.07, 6.45) is 5.16. The molecule has 2 N–H and O–H groups in total. The number of nitrogens with two attached hydrogens (primary N) is 1. The predicted molar refractivity (Wildman–Crippen MR) is 87.0 cm³/mol. The average Bonchev–Trinajstić information content (AvgIpc) is 2.37. The summed E-state index contributed by atoms with van der Waals surface area (Å²) in [5.41, 5.74) is 5.96. The van der Waals surface area contributed by atoms with Crippen molar-refractivity contribution in [3.8, 4) is 0 Å². The van der Waals surface area contributed by atoms with E-state index in [0.717, 1.165) is 43.6 Å². The molecule has 1 fully saturated rings. The van der Waals surface area contributed by atoms with Crippen LogP contribution in [-0.4, -0.2) is 41.4 Å². The zero-order valence-electron chi connectivity index (χ0n) is 12.4. The van der Waals surface area contributed by atoms with Crippen LogP contribution in [0.5, 0.6) is 0 Å². The highest BCUT2D eigenvalue weighted by atomic mass is 35.5. The highest BCUT2D eigenvalue weighted by molar-refractivity contribution is 7.99. The Morgan fingerprint density at radius 3 is 2.74 bits per heavy atom. The van der Waals surface area contributed by atoms with E-state index in [1.54, 1.807) is 0 Å². The molecule has 0 saturated heterocycles. The highest BCUT2D eigenvalue weighted by Gasteiger charge is 2.29. The summed E-state index contributed by atoms with van der Waals surface area (Å²) >= 11 is 1.94. The Balaban J connectivity index is 0.00000324. The fourth-order valence-electron chi connectivity index (χ4n) is 2.55. The van der Waals surface area contributed by atoms with Gasteiger partial charge in [-0.15, -0.1) is 12.4 Å². The number of carbonyl (C=O) groups is 1. The summed E-state index contributed by atoms with van der Waals surface area (Å²) in [6.45, 7) is 4.32. The molecule has 1 saturated carbocycles. The maximum Gasteiger partial charge on any atom is 0.225 e. The molecule has 0 aromatic rings. The molecular weight excluding hydrogens is 280 g/mol. The van der Waals surface area contributed by atoms with E-state index in [1.165, 1.54) is 0 Å². The van der Waals surface area contributed by atoms with Crippen molar-refractivity contribution in [3.63, 3.8) is 0 Å². The molecule has 3 unspecified atom stereocenters. The Hall–Kier alpha value is 0.0700. The van der Waals surface area contributed by atoms with Gasteiger partial charge < -0.3 is 10.6 Å². The van der Waals surface area contributed by atoms with Gasteiger partial charge in [-0.2, -0.15) is 11.8 Å². The Labute approximate surface area is 128 Å². The standard InChI is InChI=1S/C14H28N2OS.ClH/c1-4-18-9-8-11(2)16(3)14(17)12-6-5-7-13(15)10-12;/h11-13H,4-10,15H2,1-3H3;1H. The topological polar surface area (TPSA) is 46.3 Å². The molecule has 19 heavy (non-hydrogen) atoms. The monoisotopic (exact) mass is 308 g/mol. The van der Waals surface area contributed by atoms with Gasteiger partial charge in [0, 0.05) is 25.0 Å². The van der Waals surface area contributed by atoms with Crippen LogP contribution < -0.4 is 5.73 Å². The lowest BCUT2D eigenvalue weighted by molar-refractivity contribution is -0.137. The van der Waals surface area contributed by atoms with Crippen molar-refractivity contribution in [3.05, 3.63) is 0 Å². The van der Waals surface area contributed by atoms with Gasteiger partial charge in [-0.25, -0.2) is 0 Å². The first-order valence-electron chi connectivity index (χ1n) is 7.16. The summed E-state index contributed by atoms with van der Waals surface area (Å²) < 4.78 is 0. The second-order valence-electron chi connectivity index (χ2n) is 5.41. The Morgan fingerprint density at radius 2 is 2.16 bits per heavy atom. The molecule has 114 valence electrons.